The lowest BCUT2D eigenvalue weighted by Crippen LogP contribution is -2.60. The molecule has 5 N–H and O–H groups in total. The van der Waals surface area contributed by atoms with E-state index < -0.39 is 83.5 Å². The van der Waals surface area contributed by atoms with Gasteiger partial charge in [-0.15, -0.1) is 0 Å². The van der Waals surface area contributed by atoms with E-state index in [-0.39, 0.29) is 25.0 Å². The molecule has 1 aromatic carbocycles. The van der Waals surface area contributed by atoms with Crippen molar-refractivity contribution in [2.45, 2.75) is 142 Å². The van der Waals surface area contributed by atoms with Crippen molar-refractivity contribution >= 4 is 17.4 Å². The van der Waals surface area contributed by atoms with E-state index in [0.717, 1.165) is 0 Å². The maximum absolute atomic E-state index is 13.6. The van der Waals surface area contributed by atoms with Gasteiger partial charge in [-0.05, 0) is 91.6 Å². The highest BCUT2D eigenvalue weighted by Crippen LogP contribution is 2.38. The Morgan fingerprint density at radius 2 is 1.62 bits per heavy atom. The monoisotopic (exact) mass is 709 g/mol. The zero-order chi connectivity index (χ0) is 37.9. The summed E-state index contributed by atoms with van der Waals surface area (Å²) in [7, 11) is 3.69. The van der Waals surface area contributed by atoms with E-state index in [0.29, 0.717) is 23.4 Å². The van der Waals surface area contributed by atoms with Crippen molar-refractivity contribution in [3.05, 3.63) is 35.6 Å². The van der Waals surface area contributed by atoms with Gasteiger partial charge in [0.2, 0.25) is 0 Å². The van der Waals surface area contributed by atoms with E-state index in [9.17, 15) is 34.7 Å². The van der Waals surface area contributed by atoms with Gasteiger partial charge in [0.1, 0.15) is 23.6 Å². The fraction of sp³-hybridized carbons (Fsp3) is 0.757. The van der Waals surface area contributed by atoms with Crippen LogP contribution in [0.15, 0.2) is 34.5 Å². The fourth-order valence-electron chi connectivity index (χ4n) is 7.49. The van der Waals surface area contributed by atoms with Crippen molar-refractivity contribution in [3.63, 3.8) is 0 Å². The average molecular weight is 710 g/mol. The molecule has 12 nitrogen and oxygen atoms in total. The molecule has 0 radical (unpaired) electrons. The third kappa shape index (κ3) is 9.54. The Labute approximate surface area is 296 Å². The van der Waals surface area contributed by atoms with Gasteiger partial charge in [-0.25, -0.2) is 4.39 Å². The molecule has 2 aliphatic rings. The minimum atomic E-state index is -1.94. The highest BCUT2D eigenvalue weighted by Gasteiger charge is 2.51. The standard InChI is InChI=1S/C37H60FN3O9/c1-12-28-37(9,47)32(44)21(4)29(40-39-24(7)25-13-15-26(38)16-14-25)19(2)18-36(8,46)33(22(5)30(42)23(6)34(45)49-28)50-35-31(43)27(41(10)11)17-20(3)48-35/h13-16,19-23,27-28,30-33,35,42-44,46-47H,12,17-18H2,1-11H3/b39-24+,40-29+/t19-,20?,21+,22+,23-,27?,28-,30+,31?,32-,33-,35?,36-,37-/m1/s1. The zero-order valence-corrected chi connectivity index (χ0v) is 31.4. The Morgan fingerprint density at radius 3 is 2.18 bits per heavy atom. The number of carbonyl (C=O) groups is 1. The lowest BCUT2D eigenvalue weighted by Gasteiger charge is -2.47. The molecule has 1 aromatic rings. The molecule has 0 bridgehead atoms. The van der Waals surface area contributed by atoms with Crippen LogP contribution in [0.3, 0.4) is 0 Å². The molecule has 0 spiro atoms. The third-order valence-electron chi connectivity index (χ3n) is 10.7. The lowest BCUT2D eigenvalue weighted by molar-refractivity contribution is -0.298. The van der Waals surface area contributed by atoms with Gasteiger partial charge in [0.25, 0.3) is 0 Å². The van der Waals surface area contributed by atoms with Gasteiger partial charge < -0.3 is 44.6 Å². The second-order valence-corrected chi connectivity index (χ2v) is 15.2. The van der Waals surface area contributed by atoms with E-state index >= 15 is 0 Å². The highest BCUT2D eigenvalue weighted by atomic mass is 19.1. The first-order valence-corrected chi connectivity index (χ1v) is 17.7. The van der Waals surface area contributed by atoms with Gasteiger partial charge >= 0.3 is 5.97 Å². The van der Waals surface area contributed by atoms with Crippen LogP contribution in [0.25, 0.3) is 0 Å². The predicted octanol–water partition coefficient (Wildman–Crippen LogP) is 3.30. The normalized spacial score (nSPS) is 42.3. The molecule has 0 aliphatic carbocycles. The van der Waals surface area contributed by atoms with Crippen molar-refractivity contribution in [1.82, 2.24) is 4.90 Å². The summed E-state index contributed by atoms with van der Waals surface area (Å²) in [5.41, 5.74) is -2.27. The summed E-state index contributed by atoms with van der Waals surface area (Å²) in [6, 6.07) is 5.45. The van der Waals surface area contributed by atoms with Crippen LogP contribution in [-0.2, 0) is 19.0 Å². The summed E-state index contributed by atoms with van der Waals surface area (Å²) in [5, 5.41) is 67.6. The number of ether oxygens (including phenoxy) is 3. The average Bonchev–Trinajstić information content (AvgIpc) is 3.04. The van der Waals surface area contributed by atoms with Crippen LogP contribution in [0, 0.1) is 29.5 Å². The van der Waals surface area contributed by atoms with Gasteiger partial charge in [0.15, 0.2) is 6.29 Å². The number of esters is 1. The SMILES string of the molecule is CC[C@H]1OC(=O)[C@H](C)[C@@H](O)[C@H](C)[C@@H](OC2OC(C)CC(N(C)C)C2O)[C@](C)(O)C[C@@H](C)/C(=N\N=C(/C)c2ccc(F)cc2)[C@H](C)[C@@H](O)[C@]1(C)O. The predicted molar refractivity (Wildman–Crippen MR) is 188 cm³/mol. The van der Waals surface area contributed by atoms with E-state index in [1.54, 1.807) is 53.7 Å². The molecule has 2 aliphatic heterocycles. The number of aliphatic hydroxyl groups is 5. The zero-order valence-electron chi connectivity index (χ0n) is 31.4. The fourth-order valence-corrected chi connectivity index (χ4v) is 7.49. The van der Waals surface area contributed by atoms with Crippen LogP contribution in [0.5, 0.6) is 0 Å². The molecule has 2 saturated heterocycles. The molecule has 0 aromatic heterocycles. The molecule has 0 amide bonds. The highest BCUT2D eigenvalue weighted by molar-refractivity contribution is 5.99. The number of carbonyl (C=O) groups excluding carboxylic acids is 1. The van der Waals surface area contributed by atoms with Crippen molar-refractivity contribution in [1.29, 1.82) is 0 Å². The Bertz CT molecular complexity index is 1340. The number of hydrogen-bond donors (Lipinski definition) is 5. The van der Waals surface area contributed by atoms with Gasteiger partial charge in [-0.2, -0.15) is 10.2 Å². The van der Waals surface area contributed by atoms with Crippen LogP contribution >= 0.6 is 0 Å². The Balaban J connectivity index is 2.17. The van der Waals surface area contributed by atoms with Crippen molar-refractivity contribution < 1.29 is 48.9 Å². The number of hydrogen-bond acceptors (Lipinski definition) is 12. The summed E-state index contributed by atoms with van der Waals surface area (Å²) in [6.45, 7) is 14.8. The molecular formula is C37H60FN3O9. The molecule has 13 heteroatoms. The van der Waals surface area contributed by atoms with Crippen molar-refractivity contribution in [3.8, 4) is 0 Å². The number of cyclic esters (lactones) is 1. The minimum Gasteiger partial charge on any atom is -0.459 e. The lowest BCUT2D eigenvalue weighted by atomic mass is 9.73. The van der Waals surface area contributed by atoms with Crippen LogP contribution in [0.4, 0.5) is 4.39 Å². The summed E-state index contributed by atoms with van der Waals surface area (Å²) in [4.78, 5) is 15.4. The number of likely N-dealkylation sites (N-methyl/N-ethyl adjacent to an activating group) is 1. The number of nitrogens with zero attached hydrogens (tertiary/aromatic N) is 3. The smallest absolute Gasteiger partial charge is 0.311 e. The van der Waals surface area contributed by atoms with E-state index in [1.165, 1.54) is 26.0 Å². The van der Waals surface area contributed by atoms with Crippen LogP contribution in [0.1, 0.15) is 87.1 Å². The summed E-state index contributed by atoms with van der Waals surface area (Å²) in [6.07, 6.45) is -7.06. The summed E-state index contributed by atoms with van der Waals surface area (Å²) < 4.78 is 31.9. The summed E-state index contributed by atoms with van der Waals surface area (Å²) >= 11 is 0. The molecule has 4 unspecified atom stereocenters. The molecule has 284 valence electrons. The Morgan fingerprint density at radius 1 is 1.02 bits per heavy atom. The van der Waals surface area contributed by atoms with Crippen molar-refractivity contribution in [2.75, 3.05) is 14.1 Å². The second kappa shape index (κ2) is 17.0. The molecule has 2 fully saturated rings. The summed E-state index contributed by atoms with van der Waals surface area (Å²) in [5.74, 6) is -4.66. The van der Waals surface area contributed by atoms with E-state index in [1.807, 2.05) is 25.9 Å². The number of rotatable bonds is 6. The van der Waals surface area contributed by atoms with Gasteiger partial charge in [-0.1, -0.05) is 39.8 Å². The van der Waals surface area contributed by atoms with Crippen molar-refractivity contribution in [2.24, 2.45) is 33.9 Å². The minimum absolute atomic E-state index is 0.0244. The maximum atomic E-state index is 13.6. The van der Waals surface area contributed by atoms with E-state index in [4.69, 9.17) is 14.2 Å². The first-order chi connectivity index (χ1) is 23.1. The topological polar surface area (TPSA) is 174 Å². The van der Waals surface area contributed by atoms with Crippen LogP contribution in [-0.4, -0.2) is 122 Å². The second-order valence-electron chi connectivity index (χ2n) is 15.2. The van der Waals surface area contributed by atoms with Crippen LogP contribution in [0.2, 0.25) is 0 Å². The maximum Gasteiger partial charge on any atom is 0.311 e. The molecule has 2 heterocycles. The first-order valence-electron chi connectivity index (χ1n) is 17.7. The Kier molecular flexibility index (Phi) is 14.3. The van der Waals surface area contributed by atoms with Crippen LogP contribution < -0.4 is 0 Å². The third-order valence-corrected chi connectivity index (χ3v) is 10.7. The quantitative estimate of drug-likeness (QED) is 0.168. The first kappa shape index (κ1) is 42.1. The molecule has 14 atom stereocenters. The van der Waals surface area contributed by atoms with E-state index in [2.05, 4.69) is 10.2 Å². The molecular weight excluding hydrogens is 649 g/mol. The number of halogens is 1. The van der Waals surface area contributed by atoms with Gasteiger partial charge in [-0.3, -0.25) is 4.79 Å². The van der Waals surface area contributed by atoms with Gasteiger partial charge in [0.05, 0.1) is 41.6 Å². The molecule has 3 rings (SSSR count). The largest absolute Gasteiger partial charge is 0.459 e. The molecule has 50 heavy (non-hydrogen) atoms. The Hall–Kier alpha value is -2.36. The number of aliphatic hydroxyl groups excluding tert-OH is 3. The van der Waals surface area contributed by atoms with Gasteiger partial charge in [0, 0.05) is 23.6 Å². The molecule has 0 saturated carbocycles. The number of benzene rings is 1.